The Bertz CT molecular complexity index is 391. The van der Waals surface area contributed by atoms with Crippen LogP contribution in [0.2, 0.25) is 0 Å². The summed E-state index contributed by atoms with van der Waals surface area (Å²) in [5.41, 5.74) is 1.36. The fraction of sp³-hybridized carbons (Fsp3) is 0. The van der Waals surface area contributed by atoms with Gasteiger partial charge in [0.05, 0.1) is 9.85 Å². The van der Waals surface area contributed by atoms with Gasteiger partial charge in [-0.15, -0.1) is 0 Å². The van der Waals surface area contributed by atoms with E-state index in [0.29, 0.717) is 0 Å². The van der Waals surface area contributed by atoms with Crippen LogP contribution in [0.3, 0.4) is 0 Å². The van der Waals surface area contributed by atoms with E-state index < -0.39 is 9.85 Å². The average molecular weight is 198 g/mol. The zero-order chi connectivity index (χ0) is 10.7. The van der Waals surface area contributed by atoms with Gasteiger partial charge < -0.3 is 5.43 Å². The number of non-ortho nitro benzene ring substituents is 1. The molecule has 0 bridgehead atoms. The lowest BCUT2D eigenvalue weighted by Gasteiger charge is -2.00. The summed E-state index contributed by atoms with van der Waals surface area (Å²) in [6.07, 6.45) is 0. The molecule has 0 aromatic heterocycles. The summed E-state index contributed by atoms with van der Waals surface area (Å²) in [7, 11) is 0. The van der Waals surface area contributed by atoms with Crippen molar-refractivity contribution in [1.82, 2.24) is 0 Å². The van der Waals surface area contributed by atoms with Gasteiger partial charge in [0.2, 0.25) is 0 Å². The normalized spacial score (nSPS) is 9.50. The molecular formula is C6H6N4O4. The lowest BCUT2D eigenvalue weighted by molar-refractivity contribution is -0.388. The predicted octanol–water partition coefficient (Wildman–Crippen LogP) is 0.789. The highest BCUT2D eigenvalue weighted by molar-refractivity contribution is 5.64. The van der Waals surface area contributed by atoms with Crippen LogP contribution in [0.1, 0.15) is 0 Å². The third-order valence-corrected chi connectivity index (χ3v) is 1.54. The zero-order valence-corrected chi connectivity index (χ0v) is 6.84. The molecule has 0 radical (unpaired) electrons. The molecule has 1 aromatic rings. The van der Waals surface area contributed by atoms with E-state index in [2.05, 4.69) is 0 Å². The van der Waals surface area contributed by atoms with E-state index in [0.717, 1.165) is 18.2 Å². The van der Waals surface area contributed by atoms with E-state index in [1.165, 1.54) is 0 Å². The molecule has 3 N–H and O–H groups in total. The summed E-state index contributed by atoms with van der Waals surface area (Å²) in [6, 6.07) is 3.06. The van der Waals surface area contributed by atoms with Gasteiger partial charge in [-0.2, -0.15) is 0 Å². The smallest absolute Gasteiger partial charge is 0.294 e. The van der Waals surface area contributed by atoms with Crippen LogP contribution < -0.4 is 11.3 Å². The number of nitro benzene ring substituents is 2. The average Bonchev–Trinajstić information content (AvgIpc) is 2.16. The van der Waals surface area contributed by atoms with Crippen molar-refractivity contribution in [2.45, 2.75) is 0 Å². The van der Waals surface area contributed by atoms with Crippen molar-refractivity contribution < 1.29 is 9.85 Å². The molecule has 0 aliphatic rings. The number of nitrogens with zero attached hydrogens (tertiary/aromatic N) is 2. The molecular weight excluding hydrogens is 192 g/mol. The zero-order valence-electron chi connectivity index (χ0n) is 6.84. The van der Waals surface area contributed by atoms with E-state index in [4.69, 9.17) is 5.84 Å². The minimum atomic E-state index is -0.682. The molecule has 0 spiro atoms. The Balaban J connectivity index is 3.25. The standard InChI is InChI=1S/C6H6N4O4/c7-8-5-3-4(9(11)12)1-2-6(5)10(13)14/h1-3,8H,7H2. The van der Waals surface area contributed by atoms with Crippen molar-refractivity contribution in [3.63, 3.8) is 0 Å². The Morgan fingerprint density at radius 2 is 1.86 bits per heavy atom. The third kappa shape index (κ3) is 1.75. The van der Waals surface area contributed by atoms with Gasteiger partial charge in [-0.05, 0) is 0 Å². The van der Waals surface area contributed by atoms with Crippen molar-refractivity contribution in [2.24, 2.45) is 5.84 Å². The SMILES string of the molecule is NNc1cc([N+](=O)[O-])ccc1[N+](=O)[O-]. The molecule has 1 rings (SSSR count). The molecule has 14 heavy (non-hydrogen) atoms. The van der Waals surface area contributed by atoms with Gasteiger partial charge in [-0.3, -0.25) is 26.1 Å². The summed E-state index contributed by atoms with van der Waals surface area (Å²) in [5.74, 6) is 4.98. The summed E-state index contributed by atoms with van der Waals surface area (Å²) in [5, 5.41) is 20.7. The van der Waals surface area contributed by atoms with Crippen LogP contribution in [0.25, 0.3) is 0 Å². The second-order valence-electron chi connectivity index (χ2n) is 2.36. The molecule has 8 nitrogen and oxygen atoms in total. The maximum atomic E-state index is 10.4. The molecule has 8 heteroatoms. The molecule has 0 aliphatic carbocycles. The first-order valence-electron chi connectivity index (χ1n) is 3.45. The molecule has 0 unspecified atom stereocenters. The Hall–Kier alpha value is -2.22. The van der Waals surface area contributed by atoms with E-state index in [9.17, 15) is 20.2 Å². The minimum absolute atomic E-state index is 0.0933. The van der Waals surface area contributed by atoms with Gasteiger partial charge in [0.1, 0.15) is 5.69 Å². The molecule has 0 atom stereocenters. The van der Waals surface area contributed by atoms with Crippen LogP contribution in [0.15, 0.2) is 18.2 Å². The van der Waals surface area contributed by atoms with Gasteiger partial charge in [0, 0.05) is 18.2 Å². The largest absolute Gasteiger partial charge is 0.318 e. The molecule has 74 valence electrons. The van der Waals surface area contributed by atoms with Crippen LogP contribution in [0, 0.1) is 20.2 Å². The van der Waals surface area contributed by atoms with Gasteiger partial charge in [0.15, 0.2) is 0 Å². The Labute approximate surface area is 77.6 Å². The van der Waals surface area contributed by atoms with Gasteiger partial charge in [-0.25, -0.2) is 0 Å². The fourth-order valence-corrected chi connectivity index (χ4v) is 0.912. The number of nitrogens with one attached hydrogen (secondary N) is 1. The van der Waals surface area contributed by atoms with Gasteiger partial charge >= 0.3 is 0 Å². The van der Waals surface area contributed by atoms with E-state index in [-0.39, 0.29) is 17.1 Å². The number of nitrogen functional groups attached to an aromatic ring is 1. The molecule has 0 saturated heterocycles. The topological polar surface area (TPSA) is 124 Å². The lowest BCUT2D eigenvalue weighted by atomic mass is 10.2. The summed E-state index contributed by atoms with van der Waals surface area (Å²) in [4.78, 5) is 19.4. The first-order valence-corrected chi connectivity index (χ1v) is 3.45. The predicted molar refractivity (Wildman–Crippen MR) is 47.6 cm³/mol. The number of nitrogens with two attached hydrogens (primary N) is 1. The first-order chi connectivity index (χ1) is 6.56. The van der Waals surface area contributed by atoms with Crippen LogP contribution in [0.5, 0.6) is 0 Å². The van der Waals surface area contributed by atoms with Crippen LogP contribution >= 0.6 is 0 Å². The Kier molecular flexibility index (Phi) is 2.58. The molecule has 0 aliphatic heterocycles. The number of hydrogen-bond acceptors (Lipinski definition) is 6. The number of hydrogen-bond donors (Lipinski definition) is 2. The summed E-state index contributed by atoms with van der Waals surface area (Å²) < 4.78 is 0. The van der Waals surface area contributed by atoms with E-state index >= 15 is 0 Å². The third-order valence-electron chi connectivity index (χ3n) is 1.54. The summed E-state index contributed by atoms with van der Waals surface area (Å²) >= 11 is 0. The maximum absolute atomic E-state index is 10.4. The minimum Gasteiger partial charge on any atom is -0.318 e. The maximum Gasteiger partial charge on any atom is 0.294 e. The number of nitro groups is 2. The highest BCUT2D eigenvalue weighted by Gasteiger charge is 2.17. The Morgan fingerprint density at radius 1 is 1.21 bits per heavy atom. The van der Waals surface area contributed by atoms with Crippen LogP contribution in [0.4, 0.5) is 17.1 Å². The molecule has 0 saturated carbocycles. The van der Waals surface area contributed by atoms with Crippen LogP contribution in [-0.2, 0) is 0 Å². The number of anilines is 1. The number of benzene rings is 1. The molecule has 0 heterocycles. The van der Waals surface area contributed by atoms with Crippen molar-refractivity contribution in [3.8, 4) is 0 Å². The van der Waals surface area contributed by atoms with Crippen molar-refractivity contribution in [2.75, 3.05) is 5.43 Å². The monoisotopic (exact) mass is 198 g/mol. The second kappa shape index (κ2) is 3.66. The molecule has 0 amide bonds. The fourth-order valence-electron chi connectivity index (χ4n) is 0.912. The van der Waals surface area contributed by atoms with Crippen molar-refractivity contribution in [3.05, 3.63) is 38.4 Å². The quantitative estimate of drug-likeness (QED) is 0.420. The van der Waals surface area contributed by atoms with Gasteiger partial charge in [-0.1, -0.05) is 0 Å². The van der Waals surface area contributed by atoms with Crippen LogP contribution in [-0.4, -0.2) is 9.85 Å². The number of hydrazine groups is 1. The highest BCUT2D eigenvalue weighted by atomic mass is 16.6. The second-order valence-corrected chi connectivity index (χ2v) is 2.36. The molecule has 1 aromatic carbocycles. The lowest BCUT2D eigenvalue weighted by Crippen LogP contribution is -2.09. The first kappa shape index (κ1) is 9.86. The molecule has 0 fully saturated rings. The number of rotatable bonds is 3. The highest BCUT2D eigenvalue weighted by Crippen LogP contribution is 2.27. The Morgan fingerprint density at radius 3 is 2.29 bits per heavy atom. The summed E-state index contributed by atoms with van der Waals surface area (Å²) in [6.45, 7) is 0. The van der Waals surface area contributed by atoms with E-state index in [1.54, 1.807) is 0 Å². The van der Waals surface area contributed by atoms with E-state index in [1.807, 2.05) is 5.43 Å². The van der Waals surface area contributed by atoms with Gasteiger partial charge in [0.25, 0.3) is 11.4 Å². The van der Waals surface area contributed by atoms with Crippen molar-refractivity contribution in [1.29, 1.82) is 0 Å². The van der Waals surface area contributed by atoms with Crippen molar-refractivity contribution >= 4 is 17.1 Å².